The predicted molar refractivity (Wildman–Crippen MR) is 125 cm³/mol. The van der Waals surface area contributed by atoms with Gasteiger partial charge in [0.25, 0.3) is 0 Å². The summed E-state index contributed by atoms with van der Waals surface area (Å²) in [4.78, 5) is 17.7. The van der Waals surface area contributed by atoms with Gasteiger partial charge in [0.05, 0.1) is 20.1 Å². The summed E-state index contributed by atoms with van der Waals surface area (Å²) in [6, 6.07) is 13.5. The molecule has 1 saturated heterocycles. The van der Waals surface area contributed by atoms with Crippen LogP contribution < -0.4 is 0 Å². The molecule has 1 N–H and O–H groups in total. The van der Waals surface area contributed by atoms with Crippen molar-refractivity contribution in [3.8, 4) is 0 Å². The quantitative estimate of drug-likeness (QED) is 0.496. The van der Waals surface area contributed by atoms with E-state index < -0.39 is 11.6 Å². The molecule has 1 aromatic carbocycles. The van der Waals surface area contributed by atoms with Gasteiger partial charge in [-0.25, -0.2) is 4.79 Å². The number of hydrogen-bond acceptors (Lipinski definition) is 4. The normalized spacial score (nSPS) is 25.9. The van der Waals surface area contributed by atoms with Crippen LogP contribution in [0.2, 0.25) is 0 Å². The van der Waals surface area contributed by atoms with Gasteiger partial charge >= 0.3 is 5.97 Å². The fourth-order valence-corrected chi connectivity index (χ4v) is 5.68. The minimum atomic E-state index is -1.54. The first kappa shape index (κ1) is 22.9. The molecule has 0 spiro atoms. The number of esters is 1. The maximum atomic E-state index is 13.4. The fraction of sp³-hybridized carbons (Fsp3) is 0.556. The third-order valence-electron chi connectivity index (χ3n) is 7.50. The highest BCUT2D eigenvalue weighted by Crippen LogP contribution is 2.42. The van der Waals surface area contributed by atoms with E-state index in [0.29, 0.717) is 5.56 Å². The minimum Gasteiger partial charge on any atom is -0.454 e. The highest BCUT2D eigenvalue weighted by Gasteiger charge is 2.49. The number of benzene rings is 1. The van der Waals surface area contributed by atoms with E-state index in [0.717, 1.165) is 75.5 Å². The van der Waals surface area contributed by atoms with E-state index in [2.05, 4.69) is 18.1 Å². The number of likely N-dealkylation sites (N-methyl/N-ethyl adjacent to an activating group) is 1. The first-order chi connectivity index (χ1) is 15.5. The summed E-state index contributed by atoms with van der Waals surface area (Å²) in [5.74, 6) is -0.522. The van der Waals surface area contributed by atoms with Crippen LogP contribution in [-0.4, -0.2) is 53.3 Å². The predicted octanol–water partition coefficient (Wildman–Crippen LogP) is 4.24. The Balaban J connectivity index is 1.40. The van der Waals surface area contributed by atoms with Crippen molar-refractivity contribution in [3.05, 3.63) is 66.0 Å². The van der Waals surface area contributed by atoms with Gasteiger partial charge in [0.1, 0.15) is 6.54 Å². The Morgan fingerprint density at radius 1 is 1.12 bits per heavy atom. The van der Waals surface area contributed by atoms with E-state index in [1.807, 2.05) is 48.8 Å². The largest absolute Gasteiger partial charge is 0.454 e. The first-order valence-corrected chi connectivity index (χ1v) is 12.2. The zero-order valence-corrected chi connectivity index (χ0v) is 19.3. The molecular formula is C27H37N2O3+. The summed E-state index contributed by atoms with van der Waals surface area (Å²) < 4.78 is 6.98. The van der Waals surface area contributed by atoms with Crippen LogP contribution in [0.3, 0.4) is 0 Å². The van der Waals surface area contributed by atoms with Crippen LogP contribution in [0, 0.1) is 5.92 Å². The lowest BCUT2D eigenvalue weighted by molar-refractivity contribution is -0.917. The number of ether oxygens (including phenoxy) is 1. The monoisotopic (exact) mass is 437 g/mol. The highest BCUT2D eigenvalue weighted by atomic mass is 16.6. The summed E-state index contributed by atoms with van der Waals surface area (Å²) >= 11 is 0. The molecule has 1 aliphatic heterocycles. The van der Waals surface area contributed by atoms with Crippen molar-refractivity contribution in [2.75, 3.05) is 26.7 Å². The van der Waals surface area contributed by atoms with Gasteiger partial charge in [0, 0.05) is 31.2 Å². The number of nitrogens with zero attached hydrogens (tertiary/aromatic N) is 2. The number of quaternary nitrogens is 1. The Bertz CT molecular complexity index is 869. The molecule has 4 rings (SSSR count). The number of likely N-dealkylation sites (tertiary alicyclic amines) is 1. The maximum absolute atomic E-state index is 13.4. The molecule has 172 valence electrons. The second-order valence-electron chi connectivity index (χ2n) is 10.00. The molecular weight excluding hydrogens is 400 g/mol. The number of pyridine rings is 1. The molecule has 5 heteroatoms. The van der Waals surface area contributed by atoms with Gasteiger partial charge in [-0.2, -0.15) is 0 Å². The van der Waals surface area contributed by atoms with Crippen LogP contribution in [0.1, 0.15) is 56.1 Å². The smallest absolute Gasteiger partial charge is 0.343 e. The third-order valence-corrected chi connectivity index (χ3v) is 7.50. The standard InChI is InChI=1S/C27H37N2O3/c1-29(18-8-11-22-10-7-17-28-20-22)19-9-16-25(21-29)32-26(30)27(31,24-14-5-6-15-24)23-12-3-2-4-13-23/h2-4,7,10,12-13,17,20,24-25,31H,5-6,8-9,11,14-16,18-19,21H2,1H3/q+1/t25-,27?,29?/m1/s1. The summed E-state index contributed by atoms with van der Waals surface area (Å²) in [5.41, 5.74) is 0.392. The summed E-state index contributed by atoms with van der Waals surface area (Å²) in [6.45, 7) is 2.97. The zero-order valence-electron chi connectivity index (χ0n) is 19.3. The van der Waals surface area contributed by atoms with Gasteiger partial charge < -0.3 is 14.3 Å². The first-order valence-electron chi connectivity index (χ1n) is 12.2. The minimum absolute atomic E-state index is 0.0682. The molecule has 0 amide bonds. The van der Waals surface area contributed by atoms with Gasteiger partial charge in [-0.1, -0.05) is 49.2 Å². The van der Waals surface area contributed by atoms with Crippen LogP contribution in [-0.2, 0) is 21.6 Å². The van der Waals surface area contributed by atoms with Gasteiger partial charge in [-0.05, 0) is 42.9 Å². The average Bonchev–Trinajstić information content (AvgIpc) is 3.35. The number of aromatic nitrogens is 1. The average molecular weight is 438 g/mol. The zero-order chi connectivity index (χ0) is 22.4. The van der Waals surface area contributed by atoms with Gasteiger partial charge in [-0.3, -0.25) is 4.98 Å². The molecule has 32 heavy (non-hydrogen) atoms. The molecule has 0 bridgehead atoms. The molecule has 2 unspecified atom stereocenters. The van der Waals surface area contributed by atoms with Crippen LogP contribution in [0.5, 0.6) is 0 Å². The Kier molecular flexibility index (Phi) is 7.27. The number of aryl methyl sites for hydroxylation is 1. The van der Waals surface area contributed by atoms with Crippen molar-refractivity contribution in [1.82, 2.24) is 4.98 Å². The van der Waals surface area contributed by atoms with E-state index in [-0.39, 0.29) is 12.0 Å². The SMILES string of the molecule is C[N+]1(CCCc2cccnc2)CCC[C@@H](OC(=O)C(O)(c2ccccc2)C2CCCC2)C1. The number of rotatable bonds is 8. The summed E-state index contributed by atoms with van der Waals surface area (Å²) in [6.07, 6.45) is 11.5. The Labute approximate surface area is 192 Å². The van der Waals surface area contributed by atoms with Crippen molar-refractivity contribution < 1.29 is 19.1 Å². The van der Waals surface area contributed by atoms with Crippen molar-refractivity contribution in [1.29, 1.82) is 0 Å². The summed E-state index contributed by atoms with van der Waals surface area (Å²) in [7, 11) is 2.27. The van der Waals surface area contributed by atoms with Crippen LogP contribution in [0.15, 0.2) is 54.9 Å². The van der Waals surface area contributed by atoms with E-state index in [9.17, 15) is 9.90 Å². The maximum Gasteiger partial charge on any atom is 0.343 e. The molecule has 0 radical (unpaired) electrons. The molecule has 2 aromatic rings. The molecule has 1 aliphatic carbocycles. The molecule has 1 aromatic heterocycles. The van der Waals surface area contributed by atoms with E-state index in [4.69, 9.17) is 4.74 Å². The number of carbonyl (C=O) groups excluding carboxylic acids is 1. The van der Waals surface area contributed by atoms with Crippen molar-refractivity contribution in [2.45, 2.75) is 63.1 Å². The Hall–Kier alpha value is -2.24. The number of carbonyl (C=O) groups is 1. The number of piperidine rings is 1. The lowest BCUT2D eigenvalue weighted by Gasteiger charge is -2.42. The molecule has 2 heterocycles. The van der Waals surface area contributed by atoms with E-state index >= 15 is 0 Å². The van der Waals surface area contributed by atoms with Gasteiger partial charge in [0.2, 0.25) is 0 Å². The van der Waals surface area contributed by atoms with Crippen molar-refractivity contribution in [2.24, 2.45) is 5.92 Å². The molecule has 2 fully saturated rings. The van der Waals surface area contributed by atoms with Crippen molar-refractivity contribution in [3.63, 3.8) is 0 Å². The molecule has 5 nitrogen and oxygen atoms in total. The second kappa shape index (κ2) is 10.1. The number of aliphatic hydroxyl groups is 1. The lowest BCUT2D eigenvalue weighted by atomic mass is 9.80. The van der Waals surface area contributed by atoms with E-state index in [1.54, 1.807) is 0 Å². The van der Waals surface area contributed by atoms with Crippen molar-refractivity contribution >= 4 is 5.97 Å². The molecule has 1 saturated carbocycles. The van der Waals surface area contributed by atoms with Crippen LogP contribution in [0.25, 0.3) is 0 Å². The number of hydrogen-bond donors (Lipinski definition) is 1. The topological polar surface area (TPSA) is 59.4 Å². The van der Waals surface area contributed by atoms with Gasteiger partial charge in [0.15, 0.2) is 11.7 Å². The Morgan fingerprint density at radius 3 is 2.62 bits per heavy atom. The van der Waals surface area contributed by atoms with E-state index in [1.165, 1.54) is 5.56 Å². The van der Waals surface area contributed by atoms with Crippen LogP contribution >= 0.6 is 0 Å². The molecule has 2 aliphatic rings. The fourth-order valence-electron chi connectivity index (χ4n) is 5.68. The van der Waals surface area contributed by atoms with Gasteiger partial charge in [-0.15, -0.1) is 0 Å². The summed E-state index contributed by atoms with van der Waals surface area (Å²) in [5, 5.41) is 11.7. The van der Waals surface area contributed by atoms with Crippen LogP contribution in [0.4, 0.5) is 0 Å². The lowest BCUT2D eigenvalue weighted by Crippen LogP contribution is -2.55. The Morgan fingerprint density at radius 2 is 1.91 bits per heavy atom. The highest BCUT2D eigenvalue weighted by molar-refractivity contribution is 5.81. The molecule has 3 atom stereocenters. The third kappa shape index (κ3) is 5.21. The second-order valence-corrected chi connectivity index (χ2v) is 10.00.